The number of rotatable bonds is 43. The van der Waals surface area contributed by atoms with E-state index in [2.05, 4.69) is 86.8 Å². The molecule has 406 valence electrons. The van der Waals surface area contributed by atoms with Crippen LogP contribution < -0.4 is 5.32 Å². The van der Waals surface area contributed by atoms with Crippen LogP contribution in [-0.4, -0.2) is 99.6 Å². The lowest BCUT2D eigenvalue weighted by molar-refractivity contribution is -0.305. The normalized spacial score (nSPS) is 20.6. The Kier molecular flexibility index (Phi) is 43.7. The number of ether oxygens (including phenoxy) is 3. The van der Waals surface area contributed by atoms with Crippen molar-refractivity contribution in [1.82, 2.24) is 5.32 Å². The van der Waals surface area contributed by atoms with Gasteiger partial charge in [-0.2, -0.15) is 0 Å². The second kappa shape index (κ2) is 47.8. The van der Waals surface area contributed by atoms with Crippen molar-refractivity contribution in [3.05, 3.63) is 134 Å². The summed E-state index contributed by atoms with van der Waals surface area (Å²) in [4.78, 5) is 26.4. The Labute approximate surface area is 435 Å². The minimum Gasteiger partial charge on any atom is -0.454 e. The smallest absolute Gasteiger partial charge is 0.306 e. The van der Waals surface area contributed by atoms with Gasteiger partial charge >= 0.3 is 5.97 Å². The molecule has 1 fully saturated rings. The highest BCUT2D eigenvalue weighted by molar-refractivity contribution is 5.80. The molecule has 1 rings (SSSR count). The molecule has 1 amide bonds. The summed E-state index contributed by atoms with van der Waals surface area (Å²) in [6.45, 7) is 5.42. The largest absolute Gasteiger partial charge is 0.454 e. The summed E-state index contributed by atoms with van der Waals surface area (Å²) in [5, 5.41) is 56.6. The maximum Gasteiger partial charge on any atom is 0.306 e. The molecule has 0 aliphatic carbocycles. The fraction of sp³-hybridized carbons (Fsp3) is 0.607. The van der Waals surface area contributed by atoms with E-state index < -0.39 is 67.4 Å². The van der Waals surface area contributed by atoms with Crippen LogP contribution in [0.15, 0.2) is 134 Å². The highest BCUT2D eigenvalue weighted by Gasteiger charge is 2.47. The topological polar surface area (TPSA) is 175 Å². The van der Waals surface area contributed by atoms with E-state index in [1.54, 1.807) is 6.08 Å². The zero-order chi connectivity index (χ0) is 52.5. The molecule has 0 spiro atoms. The van der Waals surface area contributed by atoms with Crippen LogP contribution in [0.3, 0.4) is 0 Å². The van der Waals surface area contributed by atoms with Gasteiger partial charge in [0, 0.05) is 6.42 Å². The lowest BCUT2D eigenvalue weighted by atomic mass is 9.99. The van der Waals surface area contributed by atoms with E-state index in [9.17, 15) is 35.1 Å². The van der Waals surface area contributed by atoms with Crippen molar-refractivity contribution in [3.63, 3.8) is 0 Å². The van der Waals surface area contributed by atoms with Gasteiger partial charge in [0.2, 0.25) is 5.91 Å². The number of hydrogen-bond acceptors (Lipinski definition) is 10. The predicted octanol–water partition coefficient (Wildman–Crippen LogP) is 12.1. The van der Waals surface area contributed by atoms with Crippen LogP contribution in [-0.2, 0) is 23.8 Å². The van der Waals surface area contributed by atoms with Gasteiger partial charge in [-0.15, -0.1) is 0 Å². The molecule has 72 heavy (non-hydrogen) atoms. The van der Waals surface area contributed by atoms with Crippen molar-refractivity contribution >= 4 is 11.9 Å². The van der Waals surface area contributed by atoms with Crippen LogP contribution in [0.2, 0.25) is 0 Å². The van der Waals surface area contributed by atoms with Crippen LogP contribution >= 0.6 is 0 Å². The van der Waals surface area contributed by atoms with Crippen molar-refractivity contribution < 1.29 is 49.3 Å². The van der Waals surface area contributed by atoms with Gasteiger partial charge in [0.25, 0.3) is 0 Å². The number of hydrogen-bond donors (Lipinski definition) is 6. The molecule has 0 saturated carbocycles. The van der Waals surface area contributed by atoms with E-state index in [-0.39, 0.29) is 19.4 Å². The summed E-state index contributed by atoms with van der Waals surface area (Å²) in [5.74, 6) is -1.32. The Morgan fingerprint density at radius 1 is 0.569 bits per heavy atom. The summed E-state index contributed by atoms with van der Waals surface area (Å²) in [5.41, 5.74) is 0. The van der Waals surface area contributed by atoms with E-state index in [4.69, 9.17) is 14.2 Å². The van der Waals surface area contributed by atoms with Crippen LogP contribution in [0.25, 0.3) is 0 Å². The molecule has 0 bridgehead atoms. The van der Waals surface area contributed by atoms with Crippen LogP contribution in [0.1, 0.15) is 175 Å². The minimum atomic E-state index is -1.65. The summed E-state index contributed by atoms with van der Waals surface area (Å²) in [6, 6.07) is -1.07. The molecule has 6 N–H and O–H groups in total. The van der Waals surface area contributed by atoms with Crippen molar-refractivity contribution in [1.29, 1.82) is 0 Å². The van der Waals surface area contributed by atoms with Gasteiger partial charge in [0.1, 0.15) is 24.4 Å². The number of allylic oxidation sites excluding steroid dienone is 21. The van der Waals surface area contributed by atoms with E-state index >= 15 is 0 Å². The Hall–Kier alpha value is -4.20. The van der Waals surface area contributed by atoms with E-state index in [1.807, 2.05) is 66.8 Å². The van der Waals surface area contributed by atoms with E-state index in [0.29, 0.717) is 12.8 Å². The number of aliphatic hydroxyl groups is 5. The first-order valence-electron chi connectivity index (χ1n) is 27.5. The molecule has 0 radical (unpaired) electrons. The van der Waals surface area contributed by atoms with Crippen molar-refractivity contribution in [2.75, 3.05) is 13.2 Å². The molecule has 8 atom stereocenters. The molecule has 11 heteroatoms. The van der Waals surface area contributed by atoms with Gasteiger partial charge in [0.05, 0.1) is 25.4 Å². The molecule has 0 aromatic heterocycles. The Bertz CT molecular complexity index is 1670. The molecule has 0 aromatic carbocycles. The van der Waals surface area contributed by atoms with Crippen LogP contribution in [0.4, 0.5) is 0 Å². The average Bonchev–Trinajstić information content (AvgIpc) is 3.38. The lowest BCUT2D eigenvalue weighted by Crippen LogP contribution is -2.61. The van der Waals surface area contributed by atoms with Crippen molar-refractivity contribution in [2.45, 2.75) is 224 Å². The first-order chi connectivity index (χ1) is 35.2. The maximum absolute atomic E-state index is 13.3. The maximum atomic E-state index is 13.3. The Morgan fingerprint density at radius 3 is 1.64 bits per heavy atom. The van der Waals surface area contributed by atoms with Crippen LogP contribution in [0.5, 0.6) is 0 Å². The Balaban J connectivity index is 2.84. The lowest BCUT2D eigenvalue weighted by Gasteiger charge is -2.41. The zero-order valence-electron chi connectivity index (χ0n) is 44.5. The third kappa shape index (κ3) is 35.8. The highest BCUT2D eigenvalue weighted by atomic mass is 16.7. The standard InChI is InChI=1S/C61H97NO10/c1-4-7-10-13-16-19-22-25-27-29-30-33-36-39-42-45-48-54(65)60(69)62-52(53(64)47-44-41-38-35-32-24-21-18-15-12-9-6-3)51-70-61-59(58(68)57(67)55(50-63)71-61)72-56(66)49-46-43-40-37-34-31-28-26-23-20-17-14-11-8-5-2/h7-8,10-11,14,16-17,19-20,23,25-28,30-31,33-34,39,42,44,47,52-55,57-59,61,63-65,67-68H,4-6,9,12-13,15,18,21-22,24,29,32,35-38,40-41,43,45-46,48-51H2,1-3H3,(H,62,69)/b10-7-,11-8+,17-14+,19-16-,23-20-,27-25-,28-26-,33-30-,34-31+,42-39-,47-44+. The van der Waals surface area contributed by atoms with Gasteiger partial charge in [-0.1, -0.05) is 219 Å². The summed E-state index contributed by atoms with van der Waals surface area (Å²) < 4.78 is 17.5. The molecule has 1 aliphatic heterocycles. The highest BCUT2D eigenvalue weighted by Crippen LogP contribution is 2.26. The van der Waals surface area contributed by atoms with Crippen LogP contribution in [0, 0.1) is 0 Å². The van der Waals surface area contributed by atoms with Crippen molar-refractivity contribution in [2.24, 2.45) is 0 Å². The zero-order valence-corrected chi connectivity index (χ0v) is 44.5. The average molecular weight is 1000 g/mol. The number of carbonyl (C=O) groups is 2. The van der Waals surface area contributed by atoms with E-state index in [0.717, 1.165) is 83.5 Å². The fourth-order valence-corrected chi connectivity index (χ4v) is 7.59. The van der Waals surface area contributed by atoms with Gasteiger partial charge in [-0.05, 0) is 83.5 Å². The summed E-state index contributed by atoms with van der Waals surface area (Å²) >= 11 is 0. The number of aliphatic hydroxyl groups excluding tert-OH is 5. The first-order valence-corrected chi connectivity index (χ1v) is 27.5. The second-order valence-corrected chi connectivity index (χ2v) is 18.3. The monoisotopic (exact) mass is 1000 g/mol. The molecule has 8 unspecified atom stereocenters. The summed E-state index contributed by atoms with van der Waals surface area (Å²) in [6.07, 6.45) is 56.5. The third-order valence-electron chi connectivity index (χ3n) is 11.9. The number of nitrogens with one attached hydrogen (secondary N) is 1. The molecular weight excluding hydrogens is 907 g/mol. The Morgan fingerprint density at radius 2 is 1.07 bits per heavy atom. The quantitative estimate of drug-likeness (QED) is 0.0149. The molecular formula is C61H97NO10. The molecule has 0 aromatic rings. The molecule has 1 aliphatic rings. The van der Waals surface area contributed by atoms with Gasteiger partial charge in [-0.3, -0.25) is 9.59 Å². The van der Waals surface area contributed by atoms with Gasteiger partial charge < -0.3 is 45.1 Å². The predicted molar refractivity (Wildman–Crippen MR) is 296 cm³/mol. The number of unbranched alkanes of at least 4 members (excludes halogenated alkanes) is 13. The third-order valence-corrected chi connectivity index (χ3v) is 11.9. The molecule has 11 nitrogen and oxygen atoms in total. The first kappa shape index (κ1) is 65.8. The summed E-state index contributed by atoms with van der Waals surface area (Å²) in [7, 11) is 0. The van der Waals surface area contributed by atoms with Gasteiger partial charge in [-0.25, -0.2) is 0 Å². The van der Waals surface area contributed by atoms with Gasteiger partial charge in [0.15, 0.2) is 12.4 Å². The SMILES string of the molecule is CC/C=C\C/C=C\C/C=C\C/C=C\C/C=C\CCC(O)C(=O)NC(COC1OC(CO)C(O)C(O)C1OC(=O)CCCCC/C=C/C=C\C=C/C=C/C=C/CC)C(O)/C=C/CCCCCCCCCCCC. The van der Waals surface area contributed by atoms with E-state index in [1.165, 1.54) is 44.9 Å². The van der Waals surface area contributed by atoms with Crippen molar-refractivity contribution in [3.8, 4) is 0 Å². The number of carbonyl (C=O) groups excluding carboxylic acids is 2. The number of amides is 1. The second-order valence-electron chi connectivity index (χ2n) is 18.3. The number of esters is 1. The minimum absolute atomic E-state index is 0.0591. The fourth-order valence-electron chi connectivity index (χ4n) is 7.59. The molecule has 1 saturated heterocycles. The molecule has 1 heterocycles.